The van der Waals surface area contributed by atoms with Crippen LogP contribution in [0.15, 0.2) is 0 Å². The third-order valence-electron chi connectivity index (χ3n) is 0.589. The molecule has 0 bridgehead atoms. The molecule has 0 aliphatic carbocycles. The summed E-state index contributed by atoms with van der Waals surface area (Å²) in [4.78, 5) is 0. The molecule has 0 spiro atoms. The summed E-state index contributed by atoms with van der Waals surface area (Å²) < 4.78 is 0. The molecular weight excluding hydrogens is 98.0 g/mol. The molecule has 0 aromatic carbocycles. The van der Waals surface area contributed by atoms with E-state index in [0.717, 1.165) is 0 Å². The molecule has 0 atom stereocenters. The normalized spacial score (nSPS) is 12.0. The summed E-state index contributed by atoms with van der Waals surface area (Å²) in [5.41, 5.74) is 1.51. The fraction of sp³-hybridized carbons (Fsp3) is 1.00. The predicted octanol–water partition coefficient (Wildman–Crippen LogP) is -3.10. The Hall–Kier alpha value is -0.160. The second-order valence-electron chi connectivity index (χ2n) is 1.54. The van der Waals surface area contributed by atoms with E-state index in [1.807, 2.05) is 0 Å². The van der Waals surface area contributed by atoms with Gasteiger partial charge in [-0.2, -0.15) is 0 Å². The highest BCUT2D eigenvalue weighted by molar-refractivity contribution is 4.54. The van der Waals surface area contributed by atoms with Crippen LogP contribution in [0.1, 0.15) is 0 Å². The Morgan fingerprint density at radius 3 is 1.57 bits per heavy atom. The summed E-state index contributed by atoms with van der Waals surface area (Å²) in [5, 5.41) is 24.8. The van der Waals surface area contributed by atoms with Gasteiger partial charge in [0, 0.05) is 0 Å². The van der Waals surface area contributed by atoms with E-state index in [0.29, 0.717) is 0 Å². The fourth-order valence-electron chi connectivity index (χ4n) is 0.0500. The van der Waals surface area contributed by atoms with Gasteiger partial charge >= 0.3 is 0 Å². The largest absolute Gasteiger partial charge is 0.387 e. The zero-order chi connectivity index (χ0) is 5.91. The summed E-state index contributed by atoms with van der Waals surface area (Å²) in [6.07, 6.45) is 0. The second kappa shape index (κ2) is 2.23. The lowest BCUT2D eigenvalue weighted by Gasteiger charge is -2.10. The molecule has 4 nitrogen and oxygen atoms in total. The number of hydrogen-bond acceptors (Lipinski definition) is 3. The van der Waals surface area contributed by atoms with Gasteiger partial charge in [-0.1, -0.05) is 0 Å². The molecule has 0 saturated carbocycles. The highest BCUT2D eigenvalue weighted by Gasteiger charge is 2.21. The Morgan fingerprint density at radius 1 is 1.29 bits per heavy atom. The molecule has 6 N–H and O–H groups in total. The van der Waals surface area contributed by atoms with Crippen LogP contribution >= 0.6 is 0 Å². The van der Waals surface area contributed by atoms with Gasteiger partial charge in [0.15, 0.2) is 0 Å². The Bertz CT molecular complexity index is 48.1. The van der Waals surface area contributed by atoms with Gasteiger partial charge in [0.25, 0.3) is 0 Å². The van der Waals surface area contributed by atoms with Crippen molar-refractivity contribution >= 4 is 0 Å². The molecule has 44 valence electrons. The maximum Gasteiger partial charge on any atom is 0.243 e. The highest BCUT2D eigenvalue weighted by Crippen LogP contribution is 1.82. The van der Waals surface area contributed by atoms with Gasteiger partial charge in [-0.25, -0.2) is 0 Å². The van der Waals surface area contributed by atoms with Gasteiger partial charge in [-0.05, 0) is 0 Å². The number of rotatable bonds is 2. The van der Waals surface area contributed by atoms with Crippen LogP contribution in [0.5, 0.6) is 0 Å². The van der Waals surface area contributed by atoms with E-state index in [9.17, 15) is 0 Å². The first-order valence-corrected chi connectivity index (χ1v) is 1.92. The smallest absolute Gasteiger partial charge is 0.243 e. The van der Waals surface area contributed by atoms with E-state index in [-0.39, 0.29) is 0 Å². The van der Waals surface area contributed by atoms with E-state index < -0.39 is 18.9 Å². The summed E-state index contributed by atoms with van der Waals surface area (Å²) in [6.45, 7) is -1.02. The molecule has 0 aromatic heterocycles. The van der Waals surface area contributed by atoms with Crippen molar-refractivity contribution in [3.8, 4) is 0 Å². The van der Waals surface area contributed by atoms with Crippen LogP contribution < -0.4 is 5.73 Å². The molecule has 0 heterocycles. The van der Waals surface area contributed by atoms with E-state index in [1.54, 1.807) is 0 Å². The molecule has 0 aromatic rings. The first-order valence-electron chi connectivity index (χ1n) is 1.92. The van der Waals surface area contributed by atoms with Crippen molar-refractivity contribution in [2.75, 3.05) is 13.2 Å². The lowest BCUT2D eigenvalue weighted by molar-refractivity contribution is -0.557. The minimum absolute atomic E-state index is 0.510. The molecule has 0 fully saturated rings. The van der Waals surface area contributed by atoms with Crippen LogP contribution in [0.4, 0.5) is 0 Å². The number of aliphatic hydroxyl groups excluding tert-OH is 2. The van der Waals surface area contributed by atoms with Crippen molar-refractivity contribution in [2.45, 2.75) is 5.72 Å². The first kappa shape index (κ1) is 6.84. The van der Waals surface area contributed by atoms with Crippen LogP contribution in [-0.4, -0.2) is 34.3 Å². The van der Waals surface area contributed by atoms with E-state index in [4.69, 9.17) is 15.3 Å². The van der Waals surface area contributed by atoms with Crippen LogP contribution in [0.25, 0.3) is 0 Å². The monoisotopic (exact) mass is 108 g/mol. The van der Waals surface area contributed by atoms with Gasteiger partial charge in [-0.3, -0.25) is 0 Å². The van der Waals surface area contributed by atoms with Crippen molar-refractivity contribution in [1.82, 2.24) is 0 Å². The van der Waals surface area contributed by atoms with E-state index >= 15 is 0 Å². The third-order valence-corrected chi connectivity index (χ3v) is 0.589. The molecule has 7 heavy (non-hydrogen) atoms. The Balaban J connectivity index is 3.36. The standard InChI is InChI=1S/C3H9NO3/c4-3(7,1-5)2-6/h5-7H,1-2,4H2/p+1. The third kappa shape index (κ3) is 2.52. The fourth-order valence-corrected chi connectivity index (χ4v) is 0.0500. The molecular formula is C3H10NO3+. The molecule has 0 aliphatic heterocycles. The van der Waals surface area contributed by atoms with E-state index in [2.05, 4.69) is 5.73 Å². The van der Waals surface area contributed by atoms with Crippen LogP contribution in [0.3, 0.4) is 0 Å². The second-order valence-corrected chi connectivity index (χ2v) is 1.54. The lowest BCUT2D eigenvalue weighted by atomic mass is 10.3. The van der Waals surface area contributed by atoms with Crippen molar-refractivity contribution in [3.63, 3.8) is 0 Å². The van der Waals surface area contributed by atoms with E-state index in [1.165, 1.54) is 0 Å². The average molecular weight is 108 g/mol. The van der Waals surface area contributed by atoms with Gasteiger partial charge in [0.05, 0.1) is 0 Å². The number of aliphatic hydroxyl groups is 3. The molecule has 0 aliphatic rings. The van der Waals surface area contributed by atoms with Crippen molar-refractivity contribution < 1.29 is 21.1 Å². The maximum absolute atomic E-state index is 8.52. The van der Waals surface area contributed by atoms with Gasteiger partial charge in [0.1, 0.15) is 13.2 Å². The van der Waals surface area contributed by atoms with Crippen LogP contribution in [0.2, 0.25) is 0 Å². The quantitative estimate of drug-likeness (QED) is 0.282. The minimum atomic E-state index is -1.56. The lowest BCUT2D eigenvalue weighted by Crippen LogP contribution is -2.76. The predicted molar refractivity (Wildman–Crippen MR) is 22.0 cm³/mol. The molecule has 0 saturated heterocycles. The van der Waals surface area contributed by atoms with Crippen LogP contribution in [-0.2, 0) is 0 Å². The zero-order valence-corrected chi connectivity index (χ0v) is 3.96. The average Bonchev–Trinajstić information content (AvgIpc) is 1.68. The molecule has 0 unspecified atom stereocenters. The van der Waals surface area contributed by atoms with Crippen molar-refractivity contribution in [2.24, 2.45) is 0 Å². The zero-order valence-electron chi connectivity index (χ0n) is 3.96. The van der Waals surface area contributed by atoms with Crippen LogP contribution in [0, 0.1) is 0 Å². The summed E-state index contributed by atoms with van der Waals surface area (Å²) in [7, 11) is 0. The molecule has 0 amide bonds. The topological polar surface area (TPSA) is 88.3 Å². The van der Waals surface area contributed by atoms with Gasteiger partial charge in [0.2, 0.25) is 5.72 Å². The minimum Gasteiger partial charge on any atom is -0.387 e. The number of hydrogen-bond donors (Lipinski definition) is 4. The summed E-state index contributed by atoms with van der Waals surface area (Å²) in [5.74, 6) is 0. The van der Waals surface area contributed by atoms with Crippen molar-refractivity contribution in [3.05, 3.63) is 0 Å². The Morgan fingerprint density at radius 2 is 1.57 bits per heavy atom. The molecule has 0 radical (unpaired) electrons. The maximum atomic E-state index is 8.52. The Kier molecular flexibility index (Phi) is 2.17. The molecule has 4 heteroatoms. The van der Waals surface area contributed by atoms with Gasteiger partial charge < -0.3 is 21.1 Å². The SMILES string of the molecule is [NH3+]C(O)(CO)CO. The van der Waals surface area contributed by atoms with Crippen molar-refractivity contribution in [1.29, 1.82) is 0 Å². The number of quaternary nitrogens is 1. The highest BCUT2D eigenvalue weighted by atomic mass is 16.4. The first-order chi connectivity index (χ1) is 3.12. The summed E-state index contributed by atoms with van der Waals surface area (Å²) >= 11 is 0. The summed E-state index contributed by atoms with van der Waals surface area (Å²) in [6, 6.07) is 0. The van der Waals surface area contributed by atoms with Gasteiger partial charge in [-0.15, -0.1) is 0 Å². The molecule has 0 rings (SSSR count). The Labute approximate surface area is 41.2 Å².